The van der Waals surface area contributed by atoms with E-state index < -0.39 is 4.92 Å². The average Bonchev–Trinajstić information content (AvgIpc) is 2.04. The van der Waals surface area contributed by atoms with Crippen molar-refractivity contribution in [3.63, 3.8) is 0 Å². The lowest BCUT2D eigenvalue weighted by Crippen LogP contribution is -1.92. The van der Waals surface area contributed by atoms with Crippen molar-refractivity contribution < 1.29 is 4.92 Å². The predicted octanol–water partition coefficient (Wildman–Crippen LogP) is 1.51. The number of nitriles is 1. The summed E-state index contributed by atoms with van der Waals surface area (Å²) in [5, 5.41) is 18.5. The Hall–Kier alpha value is -1.67. The highest BCUT2D eigenvalue weighted by Crippen LogP contribution is 2.25. The van der Waals surface area contributed by atoms with Gasteiger partial charge in [0.1, 0.15) is 17.3 Å². The summed E-state index contributed by atoms with van der Waals surface area (Å²) in [6.07, 6.45) is 2.18. The lowest BCUT2D eigenvalue weighted by molar-refractivity contribution is -0.385. The Morgan fingerprint density at radius 1 is 1.67 bits per heavy atom. The second-order valence-corrected chi connectivity index (χ2v) is 2.27. The minimum Gasteiger partial charge on any atom is -0.258 e. The number of aromatic nitrogens is 1. The summed E-state index contributed by atoms with van der Waals surface area (Å²) in [5.74, 6) is 0. The third-order valence-electron chi connectivity index (χ3n) is 1.18. The van der Waals surface area contributed by atoms with Crippen LogP contribution in [0.4, 0.5) is 5.69 Å². The van der Waals surface area contributed by atoms with Crippen LogP contribution in [0.3, 0.4) is 0 Å². The largest absolute Gasteiger partial charge is 0.307 e. The first-order chi connectivity index (χ1) is 5.66. The molecular weight excluding hydrogens is 182 g/mol. The van der Waals surface area contributed by atoms with E-state index in [-0.39, 0.29) is 16.3 Å². The molecule has 0 amide bonds. The lowest BCUT2D eigenvalue weighted by Gasteiger charge is -1.94. The van der Waals surface area contributed by atoms with E-state index in [9.17, 15) is 10.1 Å². The topological polar surface area (TPSA) is 79.8 Å². The molecule has 12 heavy (non-hydrogen) atoms. The molecule has 1 rings (SSSR count). The maximum Gasteiger partial charge on any atom is 0.307 e. The maximum absolute atomic E-state index is 10.3. The minimum atomic E-state index is -0.684. The van der Waals surface area contributed by atoms with Crippen LogP contribution in [0.1, 0.15) is 5.56 Å². The summed E-state index contributed by atoms with van der Waals surface area (Å²) in [5.41, 5.74) is -0.346. The normalized spacial score (nSPS) is 9.00. The number of nitrogens with zero attached hydrogens (tertiary/aromatic N) is 3. The van der Waals surface area contributed by atoms with Crippen LogP contribution in [-0.4, -0.2) is 9.91 Å². The smallest absolute Gasteiger partial charge is 0.258 e. The van der Waals surface area contributed by atoms with E-state index in [4.69, 9.17) is 16.9 Å². The predicted molar refractivity (Wildman–Crippen MR) is 40.6 cm³/mol. The molecule has 0 unspecified atom stereocenters. The first-order valence-electron chi connectivity index (χ1n) is 2.85. The van der Waals surface area contributed by atoms with Crippen LogP contribution < -0.4 is 0 Å². The molecule has 0 spiro atoms. The summed E-state index contributed by atoms with van der Waals surface area (Å²) in [7, 11) is 0. The lowest BCUT2D eigenvalue weighted by atomic mass is 10.3. The number of nitro groups is 1. The molecule has 60 valence electrons. The summed E-state index contributed by atoms with van der Waals surface area (Å²) in [6.45, 7) is 0. The monoisotopic (exact) mass is 183 g/mol. The van der Waals surface area contributed by atoms with E-state index in [1.165, 1.54) is 6.20 Å². The average molecular weight is 184 g/mol. The SMILES string of the molecule is N#Cc1cncc([N+](=O)[O-])c1Cl. The third kappa shape index (κ3) is 1.33. The van der Waals surface area contributed by atoms with Gasteiger partial charge in [-0.3, -0.25) is 15.1 Å². The van der Waals surface area contributed by atoms with Gasteiger partial charge in [-0.2, -0.15) is 5.26 Å². The standard InChI is InChI=1S/C6H2ClN3O2/c7-6-4(1-8)2-9-3-5(6)10(11)12/h2-3H. The fourth-order valence-electron chi connectivity index (χ4n) is 0.639. The quantitative estimate of drug-likeness (QED) is 0.488. The van der Waals surface area contributed by atoms with Crippen LogP contribution in [0.5, 0.6) is 0 Å². The summed E-state index contributed by atoms with van der Waals surface area (Å²) in [4.78, 5) is 13.1. The Labute approximate surface area is 72.4 Å². The van der Waals surface area contributed by atoms with E-state index in [0.29, 0.717) is 0 Å². The van der Waals surface area contributed by atoms with Crippen LogP contribution in [0.25, 0.3) is 0 Å². The van der Waals surface area contributed by atoms with Gasteiger partial charge in [-0.1, -0.05) is 11.6 Å². The zero-order valence-corrected chi connectivity index (χ0v) is 6.45. The van der Waals surface area contributed by atoms with Crippen molar-refractivity contribution in [1.29, 1.82) is 5.26 Å². The molecule has 0 aliphatic carbocycles. The molecule has 0 N–H and O–H groups in total. The highest BCUT2D eigenvalue weighted by molar-refractivity contribution is 6.33. The number of hydrogen-bond donors (Lipinski definition) is 0. The number of rotatable bonds is 1. The van der Waals surface area contributed by atoms with Crippen molar-refractivity contribution in [2.45, 2.75) is 0 Å². The fourth-order valence-corrected chi connectivity index (χ4v) is 0.848. The van der Waals surface area contributed by atoms with E-state index in [1.807, 2.05) is 0 Å². The van der Waals surface area contributed by atoms with Crippen molar-refractivity contribution >= 4 is 17.3 Å². The molecule has 5 nitrogen and oxygen atoms in total. The van der Waals surface area contributed by atoms with Gasteiger partial charge in [0.05, 0.1) is 10.5 Å². The Bertz CT molecular complexity index is 372. The molecule has 0 saturated carbocycles. The molecular formula is C6H2ClN3O2. The Morgan fingerprint density at radius 3 is 2.83 bits per heavy atom. The van der Waals surface area contributed by atoms with Crippen molar-refractivity contribution in [2.24, 2.45) is 0 Å². The molecule has 1 aromatic rings. The van der Waals surface area contributed by atoms with Crippen LogP contribution in [0.15, 0.2) is 12.4 Å². The van der Waals surface area contributed by atoms with Crippen LogP contribution in [-0.2, 0) is 0 Å². The van der Waals surface area contributed by atoms with Gasteiger partial charge in [0.15, 0.2) is 0 Å². The maximum atomic E-state index is 10.3. The minimum absolute atomic E-state index is 0.00543. The van der Waals surface area contributed by atoms with E-state index in [2.05, 4.69) is 4.98 Å². The number of pyridine rings is 1. The van der Waals surface area contributed by atoms with Crippen molar-refractivity contribution in [3.8, 4) is 6.07 Å². The van der Waals surface area contributed by atoms with Gasteiger partial charge < -0.3 is 0 Å². The number of halogens is 1. The first-order valence-corrected chi connectivity index (χ1v) is 3.22. The molecule has 0 aromatic carbocycles. The second-order valence-electron chi connectivity index (χ2n) is 1.89. The molecule has 0 aliphatic heterocycles. The van der Waals surface area contributed by atoms with Gasteiger partial charge in [0, 0.05) is 6.20 Å². The Morgan fingerprint density at radius 2 is 2.33 bits per heavy atom. The second kappa shape index (κ2) is 3.15. The van der Waals surface area contributed by atoms with Crippen molar-refractivity contribution in [3.05, 3.63) is 33.1 Å². The van der Waals surface area contributed by atoms with Gasteiger partial charge in [0.2, 0.25) is 0 Å². The molecule has 6 heteroatoms. The Balaban J connectivity index is 3.35. The molecule has 1 heterocycles. The molecule has 0 fully saturated rings. The van der Waals surface area contributed by atoms with Gasteiger partial charge in [-0.05, 0) is 0 Å². The molecule has 0 atom stereocenters. The summed E-state index contributed by atoms with van der Waals surface area (Å²) < 4.78 is 0. The van der Waals surface area contributed by atoms with E-state index >= 15 is 0 Å². The van der Waals surface area contributed by atoms with E-state index in [0.717, 1.165) is 6.20 Å². The zero-order chi connectivity index (χ0) is 9.14. The first kappa shape index (κ1) is 8.43. The van der Waals surface area contributed by atoms with Crippen LogP contribution in [0.2, 0.25) is 5.02 Å². The summed E-state index contributed by atoms with van der Waals surface area (Å²) in [6, 6.07) is 1.69. The highest BCUT2D eigenvalue weighted by Gasteiger charge is 2.15. The van der Waals surface area contributed by atoms with E-state index in [1.54, 1.807) is 6.07 Å². The molecule has 0 bridgehead atoms. The Kier molecular flexibility index (Phi) is 2.21. The van der Waals surface area contributed by atoms with Gasteiger partial charge in [-0.25, -0.2) is 0 Å². The fraction of sp³-hybridized carbons (Fsp3) is 0. The van der Waals surface area contributed by atoms with Crippen LogP contribution in [0, 0.1) is 21.4 Å². The zero-order valence-electron chi connectivity index (χ0n) is 5.69. The molecule has 0 saturated heterocycles. The van der Waals surface area contributed by atoms with Crippen molar-refractivity contribution in [1.82, 2.24) is 4.98 Å². The van der Waals surface area contributed by atoms with Crippen LogP contribution >= 0.6 is 11.6 Å². The molecule has 1 aromatic heterocycles. The molecule has 0 aliphatic rings. The van der Waals surface area contributed by atoms with Gasteiger partial charge >= 0.3 is 5.69 Å². The number of hydrogen-bond acceptors (Lipinski definition) is 4. The third-order valence-corrected chi connectivity index (χ3v) is 1.58. The van der Waals surface area contributed by atoms with Crippen molar-refractivity contribution in [2.75, 3.05) is 0 Å². The van der Waals surface area contributed by atoms with Gasteiger partial charge in [0.25, 0.3) is 0 Å². The van der Waals surface area contributed by atoms with Gasteiger partial charge in [-0.15, -0.1) is 0 Å². The highest BCUT2D eigenvalue weighted by atomic mass is 35.5. The molecule has 0 radical (unpaired) electrons. The summed E-state index contributed by atoms with van der Waals surface area (Å²) >= 11 is 5.50.